The van der Waals surface area contributed by atoms with Gasteiger partial charge in [-0.25, -0.2) is 4.21 Å². The van der Waals surface area contributed by atoms with Crippen LogP contribution in [0.3, 0.4) is 0 Å². The number of methoxy groups -OCH3 is 1. The Balaban J connectivity index is 1.95. The largest absolute Gasteiger partial charge is 0.496 e. The second kappa shape index (κ2) is 8.37. The average Bonchev–Trinajstić information content (AvgIpc) is 2.68. The van der Waals surface area contributed by atoms with Crippen LogP contribution in [0.1, 0.15) is 12.5 Å². The molecule has 0 aromatic heterocycles. The molecular formula is C21H20O2S2. The van der Waals surface area contributed by atoms with Crippen LogP contribution in [0.4, 0.5) is 0 Å². The topological polar surface area (TPSA) is 26.3 Å². The summed E-state index contributed by atoms with van der Waals surface area (Å²) in [6, 6.07) is 23.8. The van der Waals surface area contributed by atoms with Crippen molar-refractivity contribution in [1.82, 2.24) is 0 Å². The van der Waals surface area contributed by atoms with Crippen molar-refractivity contribution in [2.24, 2.45) is 0 Å². The molecule has 0 amide bonds. The summed E-state index contributed by atoms with van der Waals surface area (Å²) in [6.07, 6.45) is 0.842. The molecule has 1 unspecified atom stereocenters. The molecule has 128 valence electrons. The van der Waals surface area contributed by atoms with Crippen molar-refractivity contribution in [1.29, 1.82) is 0 Å². The van der Waals surface area contributed by atoms with E-state index >= 15 is 0 Å². The van der Waals surface area contributed by atoms with E-state index in [-0.39, 0.29) is 0 Å². The maximum Gasteiger partial charge on any atom is 0.122 e. The van der Waals surface area contributed by atoms with Gasteiger partial charge in [0.1, 0.15) is 5.75 Å². The van der Waals surface area contributed by atoms with E-state index in [1.54, 1.807) is 18.9 Å². The van der Waals surface area contributed by atoms with E-state index in [1.807, 2.05) is 60.7 Å². The summed E-state index contributed by atoms with van der Waals surface area (Å²) in [5, 5.41) is 0. The Bertz CT molecular complexity index is 876. The van der Waals surface area contributed by atoms with Gasteiger partial charge in [0.25, 0.3) is 0 Å². The lowest BCUT2D eigenvalue weighted by molar-refractivity contribution is 0.409. The summed E-state index contributed by atoms with van der Waals surface area (Å²) < 4.78 is 18.6. The molecular weight excluding hydrogens is 348 g/mol. The number of rotatable bonds is 6. The van der Waals surface area contributed by atoms with E-state index in [9.17, 15) is 4.21 Å². The van der Waals surface area contributed by atoms with Gasteiger partial charge in [0.2, 0.25) is 0 Å². The Morgan fingerprint density at radius 3 is 2.40 bits per heavy atom. The van der Waals surface area contributed by atoms with Gasteiger partial charge >= 0.3 is 0 Å². The Morgan fingerprint density at radius 2 is 1.68 bits per heavy atom. The van der Waals surface area contributed by atoms with Crippen molar-refractivity contribution in [2.45, 2.75) is 32.9 Å². The monoisotopic (exact) mass is 368 g/mol. The lowest BCUT2D eigenvalue weighted by Crippen LogP contribution is -1.98. The third kappa shape index (κ3) is 4.14. The van der Waals surface area contributed by atoms with Gasteiger partial charge in [0.15, 0.2) is 0 Å². The van der Waals surface area contributed by atoms with Crippen molar-refractivity contribution < 1.29 is 8.95 Å². The Kier molecular flexibility index (Phi) is 5.95. The van der Waals surface area contributed by atoms with Crippen molar-refractivity contribution in [2.75, 3.05) is 7.11 Å². The average molecular weight is 369 g/mol. The van der Waals surface area contributed by atoms with Gasteiger partial charge in [-0.2, -0.15) is 0 Å². The molecule has 0 heterocycles. The van der Waals surface area contributed by atoms with Gasteiger partial charge < -0.3 is 4.74 Å². The minimum Gasteiger partial charge on any atom is -0.496 e. The summed E-state index contributed by atoms with van der Waals surface area (Å²) in [6.45, 7) is 2.07. The van der Waals surface area contributed by atoms with E-state index in [0.717, 1.165) is 37.3 Å². The summed E-state index contributed by atoms with van der Waals surface area (Å²) >= 11 is 1.64. The Labute approximate surface area is 155 Å². The molecule has 4 heteroatoms. The first-order valence-electron chi connectivity index (χ1n) is 8.13. The lowest BCUT2D eigenvalue weighted by atomic mass is 10.1. The summed E-state index contributed by atoms with van der Waals surface area (Å²) in [5.74, 6) is 0.843. The third-order valence-corrected chi connectivity index (χ3v) is 6.52. The molecule has 0 radical (unpaired) electrons. The molecule has 25 heavy (non-hydrogen) atoms. The van der Waals surface area contributed by atoms with Gasteiger partial charge in [-0.05, 0) is 54.4 Å². The maximum atomic E-state index is 13.2. The van der Waals surface area contributed by atoms with E-state index < -0.39 is 10.8 Å². The van der Waals surface area contributed by atoms with Crippen LogP contribution in [0.5, 0.6) is 5.75 Å². The molecule has 0 N–H and O–H groups in total. The summed E-state index contributed by atoms with van der Waals surface area (Å²) in [4.78, 5) is 3.79. The molecule has 0 saturated carbocycles. The highest BCUT2D eigenvalue weighted by atomic mass is 32.2. The SMILES string of the molecule is CCc1cc(S(=O)c2ccccc2Sc2ccccc2)ccc1OC. The second-order valence-corrected chi connectivity index (χ2v) is 8.02. The number of ether oxygens (including phenoxy) is 1. The Hall–Kier alpha value is -2.04. The summed E-state index contributed by atoms with van der Waals surface area (Å²) in [7, 11) is 0.433. The predicted octanol–water partition coefficient (Wildman–Crippen LogP) is 5.58. The number of hydrogen-bond donors (Lipinski definition) is 0. The number of aryl methyl sites for hydroxylation is 1. The number of hydrogen-bond acceptors (Lipinski definition) is 3. The van der Waals surface area contributed by atoms with Gasteiger partial charge in [-0.3, -0.25) is 0 Å². The molecule has 0 aliphatic carbocycles. The molecule has 0 saturated heterocycles. The van der Waals surface area contributed by atoms with Gasteiger partial charge in [-0.15, -0.1) is 0 Å². The molecule has 0 aliphatic heterocycles. The van der Waals surface area contributed by atoms with Crippen LogP contribution in [-0.4, -0.2) is 11.3 Å². The van der Waals surface area contributed by atoms with Crippen molar-refractivity contribution >= 4 is 22.6 Å². The van der Waals surface area contributed by atoms with Gasteiger partial charge in [0, 0.05) is 14.7 Å². The highest BCUT2D eigenvalue weighted by Gasteiger charge is 2.14. The van der Waals surface area contributed by atoms with Crippen LogP contribution in [0.25, 0.3) is 0 Å². The molecule has 2 nitrogen and oxygen atoms in total. The molecule has 0 fully saturated rings. The first-order chi connectivity index (χ1) is 12.2. The summed E-state index contributed by atoms with van der Waals surface area (Å²) in [5.41, 5.74) is 1.07. The molecule has 0 aliphatic rings. The zero-order chi connectivity index (χ0) is 17.6. The van der Waals surface area contributed by atoms with Crippen LogP contribution in [0.15, 0.2) is 92.4 Å². The first-order valence-corrected chi connectivity index (χ1v) is 10.1. The van der Waals surface area contributed by atoms with E-state index in [2.05, 4.69) is 19.1 Å². The lowest BCUT2D eigenvalue weighted by Gasteiger charge is -2.12. The number of benzene rings is 3. The molecule has 3 rings (SSSR count). The maximum absolute atomic E-state index is 13.2. The first kappa shape index (κ1) is 17.8. The van der Waals surface area contributed by atoms with Crippen molar-refractivity contribution in [3.63, 3.8) is 0 Å². The van der Waals surface area contributed by atoms with Crippen molar-refractivity contribution in [3.05, 3.63) is 78.4 Å². The highest BCUT2D eigenvalue weighted by molar-refractivity contribution is 8.00. The van der Waals surface area contributed by atoms with Crippen LogP contribution >= 0.6 is 11.8 Å². The standard InChI is InChI=1S/C21H20O2S2/c1-3-16-15-18(13-14-19(16)23-2)25(22)21-12-8-7-11-20(21)24-17-9-5-4-6-10-17/h4-15H,3H2,1-2H3. The molecule has 3 aromatic carbocycles. The van der Waals surface area contributed by atoms with Gasteiger partial charge in [0.05, 0.1) is 22.8 Å². The van der Waals surface area contributed by atoms with E-state index in [1.165, 1.54) is 0 Å². The predicted molar refractivity (Wildman–Crippen MR) is 104 cm³/mol. The molecule has 0 bridgehead atoms. The minimum atomic E-state index is -1.23. The second-order valence-electron chi connectivity index (χ2n) is 5.46. The fourth-order valence-electron chi connectivity index (χ4n) is 2.58. The smallest absolute Gasteiger partial charge is 0.122 e. The minimum absolute atomic E-state index is 0.804. The van der Waals surface area contributed by atoms with Crippen LogP contribution < -0.4 is 4.74 Å². The van der Waals surface area contributed by atoms with Crippen LogP contribution in [0, 0.1) is 0 Å². The van der Waals surface area contributed by atoms with Crippen molar-refractivity contribution in [3.8, 4) is 5.75 Å². The normalized spacial score (nSPS) is 11.9. The van der Waals surface area contributed by atoms with E-state index in [0.29, 0.717) is 0 Å². The van der Waals surface area contributed by atoms with Crippen LogP contribution in [-0.2, 0) is 17.2 Å². The molecule has 1 atom stereocenters. The zero-order valence-electron chi connectivity index (χ0n) is 14.3. The fourth-order valence-corrected chi connectivity index (χ4v) is 4.94. The highest BCUT2D eigenvalue weighted by Crippen LogP contribution is 2.34. The van der Waals surface area contributed by atoms with E-state index in [4.69, 9.17) is 4.74 Å². The third-order valence-electron chi connectivity index (χ3n) is 3.87. The molecule has 0 spiro atoms. The zero-order valence-corrected chi connectivity index (χ0v) is 15.9. The Morgan fingerprint density at radius 1 is 0.960 bits per heavy atom. The quantitative estimate of drug-likeness (QED) is 0.568. The molecule has 3 aromatic rings. The van der Waals surface area contributed by atoms with Crippen LogP contribution in [0.2, 0.25) is 0 Å². The van der Waals surface area contributed by atoms with Gasteiger partial charge in [-0.1, -0.05) is 49.0 Å². The fraction of sp³-hybridized carbons (Fsp3) is 0.143.